The third kappa shape index (κ3) is 6.43. The van der Waals surface area contributed by atoms with Gasteiger partial charge in [0, 0.05) is 37.3 Å². The Labute approximate surface area is 220 Å². The lowest BCUT2D eigenvalue weighted by molar-refractivity contribution is 0.0889. The summed E-state index contributed by atoms with van der Waals surface area (Å²) in [6.45, 7) is 1.46. The van der Waals surface area contributed by atoms with Crippen LogP contribution in [0.1, 0.15) is 71.6 Å². The van der Waals surface area contributed by atoms with Crippen LogP contribution in [0.15, 0.2) is 18.5 Å². The highest BCUT2D eigenvalue weighted by atomic mass is 32.2. The van der Waals surface area contributed by atoms with Gasteiger partial charge in [-0.15, -0.1) is 0 Å². The summed E-state index contributed by atoms with van der Waals surface area (Å²) in [6.07, 6.45) is 9.82. The number of anilines is 1. The average Bonchev–Trinajstić information content (AvgIpc) is 3.35. The Bertz CT molecular complexity index is 1110. The normalized spacial score (nSPS) is 24.2. The topological polar surface area (TPSA) is 127 Å². The van der Waals surface area contributed by atoms with Crippen LogP contribution in [0.5, 0.6) is 0 Å². The van der Waals surface area contributed by atoms with Gasteiger partial charge in [-0.25, -0.2) is 14.4 Å². The molecule has 200 valence electrons. The summed E-state index contributed by atoms with van der Waals surface area (Å²) in [6, 6.07) is 1.51. The molecule has 0 bridgehead atoms. The van der Waals surface area contributed by atoms with E-state index in [1.165, 1.54) is 6.07 Å². The second-order valence-electron chi connectivity index (χ2n) is 10.4. The quantitative estimate of drug-likeness (QED) is 0.434. The Hall–Kier alpha value is -2.66. The molecule has 2 aromatic rings. The molecule has 1 saturated heterocycles. The maximum atomic E-state index is 14.0. The average molecular weight is 530 g/mol. The van der Waals surface area contributed by atoms with E-state index < -0.39 is 5.82 Å². The van der Waals surface area contributed by atoms with Crippen LogP contribution < -0.4 is 21.7 Å². The number of nitrogens with two attached hydrogens (primary N) is 1. The molecule has 0 aromatic carbocycles. The van der Waals surface area contributed by atoms with E-state index >= 15 is 0 Å². The fraction of sp³-hybridized carbons (Fsp3) is 0.615. The summed E-state index contributed by atoms with van der Waals surface area (Å²) < 4.78 is 16.0. The summed E-state index contributed by atoms with van der Waals surface area (Å²) >= 11 is 1.92. The van der Waals surface area contributed by atoms with Gasteiger partial charge in [0.1, 0.15) is 23.2 Å². The number of pyridine rings is 1. The van der Waals surface area contributed by atoms with E-state index in [9.17, 15) is 14.0 Å². The van der Waals surface area contributed by atoms with E-state index in [2.05, 4.69) is 30.5 Å². The first-order chi connectivity index (χ1) is 18.0. The van der Waals surface area contributed by atoms with Crippen LogP contribution in [0.25, 0.3) is 0 Å². The second-order valence-corrected chi connectivity index (χ2v) is 11.6. The Kier molecular flexibility index (Phi) is 8.29. The molecule has 2 aliphatic heterocycles. The van der Waals surface area contributed by atoms with Gasteiger partial charge >= 0.3 is 0 Å². The lowest BCUT2D eigenvalue weighted by Gasteiger charge is -2.30. The number of aromatic nitrogens is 3. The van der Waals surface area contributed by atoms with Crippen molar-refractivity contribution in [3.8, 4) is 0 Å². The molecule has 1 aliphatic carbocycles. The number of rotatable bonds is 7. The van der Waals surface area contributed by atoms with Crippen molar-refractivity contribution in [3.63, 3.8) is 0 Å². The van der Waals surface area contributed by atoms with Gasteiger partial charge in [-0.1, -0.05) is 0 Å². The number of carbonyl (C=O) groups excluding carboxylic acids is 2. The van der Waals surface area contributed by atoms with Gasteiger partial charge in [0.05, 0.1) is 11.8 Å². The highest BCUT2D eigenvalue weighted by Gasteiger charge is 2.27. The number of aryl methyl sites for hydroxylation is 1. The monoisotopic (exact) mass is 529 g/mol. The number of fused-ring (bicyclic) bond motifs is 1. The third-order valence-electron chi connectivity index (χ3n) is 7.71. The summed E-state index contributed by atoms with van der Waals surface area (Å²) in [5.41, 5.74) is 6.52. The SMILES string of the molecule is NCC1CCc2nc(C(=O)NC3CCC(NC(=O)c4cc(F)cnc4NC4CCSCC4)CC3)cn2C1. The Morgan fingerprint density at radius 2 is 1.73 bits per heavy atom. The van der Waals surface area contributed by atoms with Crippen molar-refractivity contribution in [2.24, 2.45) is 11.7 Å². The first kappa shape index (κ1) is 26.0. The minimum atomic E-state index is -0.527. The molecule has 1 atom stereocenters. The standard InChI is InChI=1S/C26H36FN7O2S/c27-17-11-21(24(29-13-17)30-20-7-9-37-10-8-20)25(35)31-18-2-4-19(5-3-18)32-26(36)22-15-34-14-16(12-28)1-6-23(34)33-22/h11,13,15-16,18-20H,1-10,12,14,28H2,(H,29,30)(H,31,35)(H,32,36). The van der Waals surface area contributed by atoms with E-state index in [1.807, 2.05) is 18.0 Å². The van der Waals surface area contributed by atoms with Gasteiger partial charge in [0.25, 0.3) is 11.8 Å². The van der Waals surface area contributed by atoms with Gasteiger partial charge in [0.2, 0.25) is 0 Å². The van der Waals surface area contributed by atoms with Crippen molar-refractivity contribution in [1.29, 1.82) is 0 Å². The maximum absolute atomic E-state index is 14.0. The summed E-state index contributed by atoms with van der Waals surface area (Å²) in [7, 11) is 0. The molecule has 2 fully saturated rings. The predicted octanol–water partition coefficient (Wildman–Crippen LogP) is 2.72. The van der Waals surface area contributed by atoms with Crippen LogP contribution in [0.3, 0.4) is 0 Å². The van der Waals surface area contributed by atoms with Gasteiger partial charge in [-0.3, -0.25) is 9.59 Å². The van der Waals surface area contributed by atoms with Crippen LogP contribution in [-0.4, -0.2) is 62.5 Å². The van der Waals surface area contributed by atoms with Crippen LogP contribution in [-0.2, 0) is 13.0 Å². The Morgan fingerprint density at radius 3 is 2.43 bits per heavy atom. The Morgan fingerprint density at radius 1 is 1.03 bits per heavy atom. The van der Waals surface area contributed by atoms with Gasteiger partial charge in [-0.2, -0.15) is 11.8 Å². The maximum Gasteiger partial charge on any atom is 0.271 e. The zero-order valence-corrected chi connectivity index (χ0v) is 21.9. The fourth-order valence-corrected chi connectivity index (χ4v) is 6.59. The van der Waals surface area contributed by atoms with Gasteiger partial charge in [-0.05, 0) is 75.0 Å². The molecule has 3 aliphatic rings. The number of thioether (sulfide) groups is 1. The second kappa shape index (κ2) is 11.8. The minimum absolute atomic E-state index is 0.0315. The number of nitrogens with zero attached hydrogens (tertiary/aromatic N) is 3. The molecule has 2 amide bonds. The van der Waals surface area contributed by atoms with Crippen molar-refractivity contribution in [2.75, 3.05) is 23.4 Å². The zero-order valence-electron chi connectivity index (χ0n) is 21.0. The largest absolute Gasteiger partial charge is 0.367 e. The first-order valence-corrected chi connectivity index (χ1v) is 14.5. The number of halogens is 1. The number of imidazole rings is 1. The van der Waals surface area contributed by atoms with E-state index in [0.717, 1.165) is 81.4 Å². The van der Waals surface area contributed by atoms with Gasteiger partial charge in [0.15, 0.2) is 0 Å². The summed E-state index contributed by atoms with van der Waals surface area (Å²) in [5, 5.41) is 9.52. The van der Waals surface area contributed by atoms with Crippen LogP contribution >= 0.6 is 11.8 Å². The van der Waals surface area contributed by atoms with Crippen LogP contribution in [0.2, 0.25) is 0 Å². The molecule has 37 heavy (non-hydrogen) atoms. The van der Waals surface area contributed by atoms with Crippen LogP contribution in [0.4, 0.5) is 10.2 Å². The molecule has 0 spiro atoms. The third-order valence-corrected chi connectivity index (χ3v) is 8.76. The molecule has 4 heterocycles. The summed E-state index contributed by atoms with van der Waals surface area (Å²) in [4.78, 5) is 34.6. The van der Waals surface area contributed by atoms with Crippen LogP contribution in [0, 0.1) is 11.7 Å². The molecular formula is C26H36FN7O2S. The molecule has 5 N–H and O–H groups in total. The number of hydrogen-bond donors (Lipinski definition) is 4. The predicted molar refractivity (Wildman–Crippen MR) is 142 cm³/mol. The van der Waals surface area contributed by atoms with E-state index in [-0.39, 0.29) is 35.5 Å². The molecule has 9 nitrogen and oxygen atoms in total. The Balaban J connectivity index is 1.12. The minimum Gasteiger partial charge on any atom is -0.367 e. The molecule has 2 aromatic heterocycles. The fourth-order valence-electron chi connectivity index (χ4n) is 5.48. The molecule has 11 heteroatoms. The molecule has 1 unspecified atom stereocenters. The molecule has 5 rings (SSSR count). The molecule has 1 saturated carbocycles. The zero-order chi connectivity index (χ0) is 25.8. The van der Waals surface area contributed by atoms with Crippen molar-refractivity contribution in [1.82, 2.24) is 25.2 Å². The van der Waals surface area contributed by atoms with Gasteiger partial charge < -0.3 is 26.3 Å². The van der Waals surface area contributed by atoms with Crippen molar-refractivity contribution < 1.29 is 14.0 Å². The van der Waals surface area contributed by atoms with E-state index in [1.54, 1.807) is 0 Å². The summed E-state index contributed by atoms with van der Waals surface area (Å²) in [5.74, 6) is 2.97. The first-order valence-electron chi connectivity index (χ1n) is 13.4. The number of carbonyl (C=O) groups is 2. The van der Waals surface area contributed by atoms with Crippen molar-refractivity contribution in [3.05, 3.63) is 41.4 Å². The lowest BCUT2D eigenvalue weighted by atomic mass is 9.91. The number of amides is 2. The highest BCUT2D eigenvalue weighted by Crippen LogP contribution is 2.24. The lowest BCUT2D eigenvalue weighted by Crippen LogP contribution is -2.44. The molecular weight excluding hydrogens is 493 g/mol. The molecule has 0 radical (unpaired) electrons. The number of hydrogen-bond acceptors (Lipinski definition) is 7. The van der Waals surface area contributed by atoms with E-state index in [4.69, 9.17) is 5.73 Å². The smallest absolute Gasteiger partial charge is 0.271 e. The van der Waals surface area contributed by atoms with Crippen molar-refractivity contribution >= 4 is 29.4 Å². The number of nitrogens with one attached hydrogen (secondary N) is 3. The van der Waals surface area contributed by atoms with Crippen molar-refractivity contribution in [2.45, 2.75) is 76.0 Å². The van der Waals surface area contributed by atoms with E-state index in [0.29, 0.717) is 24.0 Å². The highest BCUT2D eigenvalue weighted by molar-refractivity contribution is 7.99.